The molecule has 1 fully saturated rings. The summed E-state index contributed by atoms with van der Waals surface area (Å²) in [5.74, 6) is 0.304. The molecule has 19 heavy (non-hydrogen) atoms. The summed E-state index contributed by atoms with van der Waals surface area (Å²) < 4.78 is 0. The van der Waals surface area contributed by atoms with Gasteiger partial charge in [-0.3, -0.25) is 14.5 Å². The lowest BCUT2D eigenvalue weighted by atomic mass is 9.96. The van der Waals surface area contributed by atoms with Crippen molar-refractivity contribution < 1.29 is 9.59 Å². The minimum absolute atomic E-state index is 0.0743. The monoisotopic (exact) mass is 269 g/mol. The molecule has 2 N–H and O–H groups in total. The Morgan fingerprint density at radius 1 is 1.26 bits per heavy atom. The third-order valence-corrected chi connectivity index (χ3v) is 3.93. The van der Waals surface area contributed by atoms with Gasteiger partial charge in [-0.1, -0.05) is 6.92 Å². The molecule has 0 unspecified atom stereocenters. The predicted molar refractivity (Wildman–Crippen MR) is 75.7 cm³/mol. The molecule has 110 valence electrons. The number of carbonyl (C=O) groups excluding carboxylic acids is 2. The van der Waals surface area contributed by atoms with E-state index in [0.717, 1.165) is 32.4 Å². The Kier molecular flexibility index (Phi) is 5.79. The van der Waals surface area contributed by atoms with Gasteiger partial charge >= 0.3 is 0 Å². The number of hydrogen-bond donors (Lipinski definition) is 2. The maximum Gasteiger partial charge on any atom is 0.234 e. The van der Waals surface area contributed by atoms with Crippen molar-refractivity contribution in [2.45, 2.75) is 45.6 Å². The number of nitrogens with zero attached hydrogens (tertiary/aromatic N) is 1. The van der Waals surface area contributed by atoms with Crippen LogP contribution < -0.4 is 10.6 Å². The number of rotatable bonds is 5. The molecule has 2 amide bonds. The quantitative estimate of drug-likeness (QED) is 0.774. The zero-order chi connectivity index (χ0) is 14.5. The molecule has 0 spiro atoms. The van der Waals surface area contributed by atoms with Gasteiger partial charge in [0.25, 0.3) is 0 Å². The summed E-state index contributed by atoms with van der Waals surface area (Å²) in [6.45, 7) is 8.20. The van der Waals surface area contributed by atoms with E-state index in [2.05, 4.69) is 22.5 Å². The highest BCUT2D eigenvalue weighted by Gasteiger charge is 2.26. The van der Waals surface area contributed by atoms with Crippen molar-refractivity contribution in [3.8, 4) is 0 Å². The molecule has 0 aliphatic carbocycles. The fraction of sp³-hybridized carbons (Fsp3) is 0.857. The first-order valence-corrected chi connectivity index (χ1v) is 7.13. The van der Waals surface area contributed by atoms with Gasteiger partial charge in [-0.05, 0) is 46.2 Å². The Labute approximate surface area is 116 Å². The highest BCUT2D eigenvalue weighted by atomic mass is 16.2. The molecule has 0 aromatic rings. The van der Waals surface area contributed by atoms with E-state index < -0.39 is 0 Å². The molecule has 0 saturated carbocycles. The summed E-state index contributed by atoms with van der Waals surface area (Å²) in [5.41, 5.74) is -0.141. The van der Waals surface area contributed by atoms with Crippen molar-refractivity contribution in [2.75, 3.05) is 26.7 Å². The number of hydrogen-bond acceptors (Lipinski definition) is 3. The Balaban J connectivity index is 2.33. The first-order valence-electron chi connectivity index (χ1n) is 7.13. The average Bonchev–Trinajstić information content (AvgIpc) is 2.38. The maximum atomic E-state index is 11.9. The third kappa shape index (κ3) is 5.19. The van der Waals surface area contributed by atoms with Gasteiger partial charge in [0.2, 0.25) is 11.8 Å². The molecular formula is C14H27N3O2. The van der Waals surface area contributed by atoms with Crippen molar-refractivity contribution in [3.05, 3.63) is 0 Å². The van der Waals surface area contributed by atoms with E-state index in [0.29, 0.717) is 6.54 Å². The van der Waals surface area contributed by atoms with Gasteiger partial charge in [0.05, 0.1) is 6.54 Å². The Bertz CT molecular complexity index is 321. The Morgan fingerprint density at radius 2 is 1.84 bits per heavy atom. The summed E-state index contributed by atoms with van der Waals surface area (Å²) >= 11 is 0. The molecule has 0 aromatic heterocycles. The first kappa shape index (κ1) is 16.0. The van der Waals surface area contributed by atoms with E-state index in [9.17, 15) is 9.59 Å². The molecular weight excluding hydrogens is 242 g/mol. The van der Waals surface area contributed by atoms with E-state index in [4.69, 9.17) is 0 Å². The fourth-order valence-electron chi connectivity index (χ4n) is 2.27. The molecule has 1 aliphatic heterocycles. The summed E-state index contributed by atoms with van der Waals surface area (Å²) in [6.07, 6.45) is 2.59. The van der Waals surface area contributed by atoms with Gasteiger partial charge in [0.15, 0.2) is 0 Å². The lowest BCUT2D eigenvalue weighted by Crippen LogP contribution is -2.49. The van der Waals surface area contributed by atoms with Gasteiger partial charge in [0.1, 0.15) is 0 Å². The molecule has 1 heterocycles. The van der Waals surface area contributed by atoms with E-state index in [1.54, 1.807) is 7.05 Å². The van der Waals surface area contributed by atoms with Crippen molar-refractivity contribution in [2.24, 2.45) is 5.92 Å². The predicted octanol–water partition coefficient (Wildman–Crippen LogP) is 0.749. The molecule has 0 atom stereocenters. The van der Waals surface area contributed by atoms with Crippen LogP contribution in [0.15, 0.2) is 0 Å². The van der Waals surface area contributed by atoms with Crippen LogP contribution in [0, 0.1) is 5.92 Å². The number of likely N-dealkylation sites (tertiary alicyclic amines) is 1. The number of piperidine rings is 1. The molecule has 0 aromatic carbocycles. The molecule has 5 heteroatoms. The Hall–Kier alpha value is -1.10. The van der Waals surface area contributed by atoms with Gasteiger partial charge in [-0.25, -0.2) is 0 Å². The second kappa shape index (κ2) is 6.89. The number of nitrogens with one attached hydrogen (secondary N) is 2. The SMILES string of the molecule is CCC(C)(C)NC(=O)CN1CCC(C(=O)NC)CC1. The lowest BCUT2D eigenvalue weighted by molar-refractivity contribution is -0.126. The van der Waals surface area contributed by atoms with E-state index in [-0.39, 0.29) is 23.3 Å². The smallest absolute Gasteiger partial charge is 0.234 e. The van der Waals surface area contributed by atoms with Crippen LogP contribution in [0.3, 0.4) is 0 Å². The van der Waals surface area contributed by atoms with E-state index in [1.807, 2.05) is 13.8 Å². The van der Waals surface area contributed by atoms with E-state index in [1.165, 1.54) is 0 Å². The van der Waals surface area contributed by atoms with Crippen LogP contribution in [-0.2, 0) is 9.59 Å². The fourth-order valence-corrected chi connectivity index (χ4v) is 2.27. The zero-order valence-electron chi connectivity index (χ0n) is 12.6. The molecule has 1 aliphatic rings. The highest BCUT2D eigenvalue weighted by molar-refractivity contribution is 5.79. The minimum atomic E-state index is -0.141. The third-order valence-electron chi connectivity index (χ3n) is 3.93. The number of carbonyl (C=O) groups is 2. The topological polar surface area (TPSA) is 61.4 Å². The molecule has 0 bridgehead atoms. The molecule has 1 saturated heterocycles. The first-order chi connectivity index (χ1) is 8.88. The summed E-state index contributed by atoms with van der Waals surface area (Å²) in [5, 5.41) is 5.73. The normalized spacial score (nSPS) is 18.1. The van der Waals surface area contributed by atoms with Crippen molar-refractivity contribution in [1.82, 2.24) is 15.5 Å². The minimum Gasteiger partial charge on any atom is -0.359 e. The van der Waals surface area contributed by atoms with Crippen LogP contribution in [-0.4, -0.2) is 48.9 Å². The second-order valence-electron chi connectivity index (χ2n) is 5.95. The van der Waals surface area contributed by atoms with Gasteiger partial charge in [0, 0.05) is 18.5 Å². The van der Waals surface area contributed by atoms with Crippen LogP contribution in [0.2, 0.25) is 0 Å². The van der Waals surface area contributed by atoms with Crippen molar-refractivity contribution >= 4 is 11.8 Å². The van der Waals surface area contributed by atoms with Crippen LogP contribution in [0.4, 0.5) is 0 Å². The standard InChI is InChI=1S/C14H27N3O2/c1-5-14(2,3)16-12(18)10-17-8-6-11(7-9-17)13(19)15-4/h11H,5-10H2,1-4H3,(H,15,19)(H,16,18). The summed E-state index contributed by atoms with van der Waals surface area (Å²) in [4.78, 5) is 25.6. The van der Waals surface area contributed by atoms with Crippen LogP contribution in [0.25, 0.3) is 0 Å². The second-order valence-corrected chi connectivity index (χ2v) is 5.95. The summed E-state index contributed by atoms with van der Waals surface area (Å²) in [7, 11) is 1.68. The van der Waals surface area contributed by atoms with Crippen LogP contribution >= 0.6 is 0 Å². The van der Waals surface area contributed by atoms with Crippen LogP contribution in [0.1, 0.15) is 40.0 Å². The van der Waals surface area contributed by atoms with Gasteiger partial charge in [-0.15, -0.1) is 0 Å². The van der Waals surface area contributed by atoms with Crippen molar-refractivity contribution in [3.63, 3.8) is 0 Å². The number of amides is 2. The van der Waals surface area contributed by atoms with Crippen molar-refractivity contribution in [1.29, 1.82) is 0 Å². The largest absolute Gasteiger partial charge is 0.359 e. The zero-order valence-corrected chi connectivity index (χ0v) is 12.6. The van der Waals surface area contributed by atoms with Gasteiger partial charge in [-0.2, -0.15) is 0 Å². The molecule has 5 nitrogen and oxygen atoms in total. The average molecular weight is 269 g/mol. The molecule has 1 rings (SSSR count). The highest BCUT2D eigenvalue weighted by Crippen LogP contribution is 2.17. The Morgan fingerprint density at radius 3 is 2.32 bits per heavy atom. The maximum absolute atomic E-state index is 11.9. The lowest BCUT2D eigenvalue weighted by Gasteiger charge is -2.32. The van der Waals surface area contributed by atoms with Crippen LogP contribution in [0.5, 0.6) is 0 Å². The molecule has 0 radical (unpaired) electrons. The van der Waals surface area contributed by atoms with E-state index >= 15 is 0 Å². The van der Waals surface area contributed by atoms with Gasteiger partial charge < -0.3 is 10.6 Å². The summed E-state index contributed by atoms with van der Waals surface area (Å²) in [6, 6.07) is 0.